The molecule has 0 aromatic carbocycles. The van der Waals surface area contributed by atoms with Gasteiger partial charge in [-0.1, -0.05) is 6.07 Å². The molecule has 0 amide bonds. The molecule has 0 spiro atoms. The highest BCUT2D eigenvalue weighted by molar-refractivity contribution is 6.25. The van der Waals surface area contributed by atoms with E-state index in [1.165, 1.54) is 6.20 Å². The Morgan fingerprint density at radius 1 is 0.966 bits per heavy atom. The summed E-state index contributed by atoms with van der Waals surface area (Å²) in [7, 11) is 0. The number of carbonyl (C=O) groups is 2. The molecule has 0 radical (unpaired) electrons. The maximum atomic E-state index is 12.6. The minimum Gasteiger partial charge on any atom is -0.394 e. The van der Waals surface area contributed by atoms with Crippen molar-refractivity contribution in [2.75, 3.05) is 44.2 Å². The lowest BCUT2D eigenvalue weighted by molar-refractivity contribution is 0.0963. The molecule has 1 fully saturated rings. The van der Waals surface area contributed by atoms with Gasteiger partial charge in [-0.25, -0.2) is 4.98 Å². The van der Waals surface area contributed by atoms with Gasteiger partial charge in [-0.3, -0.25) is 19.5 Å². The number of nitrogens with one attached hydrogen (secondary N) is 1. The number of carbonyl (C=O) groups excluding carboxylic acids is 2. The summed E-state index contributed by atoms with van der Waals surface area (Å²) in [4.78, 5) is 38.1. The number of rotatable bonds is 6. The third-order valence-corrected chi connectivity index (χ3v) is 5.31. The number of hydrogen-bond acceptors (Lipinski definition) is 8. The van der Waals surface area contributed by atoms with Gasteiger partial charge in [-0.15, -0.1) is 0 Å². The van der Waals surface area contributed by atoms with Crippen molar-refractivity contribution in [1.82, 2.24) is 20.2 Å². The number of nitrogens with two attached hydrogens (primary N) is 1. The molecule has 4 rings (SSSR count). The molecule has 2 aromatic heterocycles. The van der Waals surface area contributed by atoms with Crippen LogP contribution in [0.3, 0.4) is 0 Å². The van der Waals surface area contributed by atoms with Gasteiger partial charge in [0, 0.05) is 45.1 Å². The van der Waals surface area contributed by atoms with E-state index in [9.17, 15) is 9.59 Å². The highest BCUT2D eigenvalue weighted by Crippen LogP contribution is 2.20. The standard InChI is InChI=1S/C21H24N6O2/c22-17-19(20(28)15-5-3-8-24-18(15)21(17)29)25-9-4-10-26-11-13-27(14-12-26)16-6-1-2-7-23-16/h1-3,5-8,25H,4,9-14,22H2. The number of fused-ring (bicyclic) bond motifs is 1. The van der Waals surface area contributed by atoms with Gasteiger partial charge in [0.1, 0.15) is 22.9 Å². The predicted molar refractivity (Wildman–Crippen MR) is 110 cm³/mol. The number of ketones is 2. The van der Waals surface area contributed by atoms with E-state index in [0.29, 0.717) is 12.1 Å². The molecule has 1 saturated heterocycles. The van der Waals surface area contributed by atoms with Gasteiger partial charge in [-0.05, 0) is 37.2 Å². The quantitative estimate of drug-likeness (QED) is 0.697. The predicted octanol–water partition coefficient (Wildman–Crippen LogP) is 0.828. The van der Waals surface area contributed by atoms with Gasteiger partial charge < -0.3 is 16.0 Å². The fourth-order valence-corrected chi connectivity index (χ4v) is 3.70. The van der Waals surface area contributed by atoms with Crippen LogP contribution in [0.25, 0.3) is 0 Å². The van der Waals surface area contributed by atoms with Gasteiger partial charge in [0.25, 0.3) is 0 Å². The lowest BCUT2D eigenvalue weighted by atomic mass is 9.94. The molecule has 0 saturated carbocycles. The maximum absolute atomic E-state index is 12.6. The number of allylic oxidation sites excluding steroid dienone is 2. The van der Waals surface area contributed by atoms with Gasteiger partial charge in [0.15, 0.2) is 0 Å². The van der Waals surface area contributed by atoms with Crippen LogP contribution in [-0.2, 0) is 0 Å². The first kappa shape index (κ1) is 19.1. The van der Waals surface area contributed by atoms with Crippen LogP contribution in [0.5, 0.6) is 0 Å². The van der Waals surface area contributed by atoms with Crippen molar-refractivity contribution in [2.45, 2.75) is 6.42 Å². The largest absolute Gasteiger partial charge is 0.394 e. The van der Waals surface area contributed by atoms with E-state index in [-0.39, 0.29) is 22.9 Å². The van der Waals surface area contributed by atoms with Crippen LogP contribution >= 0.6 is 0 Å². The molecule has 150 valence electrons. The van der Waals surface area contributed by atoms with Gasteiger partial charge >= 0.3 is 0 Å². The van der Waals surface area contributed by atoms with E-state index < -0.39 is 5.78 Å². The Kier molecular flexibility index (Phi) is 5.53. The van der Waals surface area contributed by atoms with E-state index in [2.05, 4.69) is 25.1 Å². The second kappa shape index (κ2) is 8.40. The van der Waals surface area contributed by atoms with Crippen molar-refractivity contribution < 1.29 is 9.59 Å². The highest BCUT2D eigenvalue weighted by atomic mass is 16.1. The molecule has 3 heterocycles. The normalized spacial score (nSPS) is 17.4. The molecule has 0 atom stereocenters. The summed E-state index contributed by atoms with van der Waals surface area (Å²) >= 11 is 0. The van der Waals surface area contributed by atoms with E-state index in [4.69, 9.17) is 5.73 Å². The van der Waals surface area contributed by atoms with Crippen LogP contribution in [0.1, 0.15) is 27.3 Å². The summed E-state index contributed by atoms with van der Waals surface area (Å²) in [6.07, 6.45) is 4.16. The topological polar surface area (TPSA) is 104 Å². The van der Waals surface area contributed by atoms with Crippen molar-refractivity contribution in [3.63, 3.8) is 0 Å². The third-order valence-electron chi connectivity index (χ3n) is 5.31. The molecular weight excluding hydrogens is 368 g/mol. The Bertz CT molecular complexity index is 935. The zero-order chi connectivity index (χ0) is 20.2. The number of Topliss-reactive ketones (excluding diaryl/α,β-unsaturated/α-hetero) is 2. The SMILES string of the molecule is NC1=C(NCCCN2CCN(c3ccccn3)CC2)C(=O)c2cccnc2C1=O. The molecule has 2 aliphatic rings. The summed E-state index contributed by atoms with van der Waals surface area (Å²) in [5.74, 6) is 0.356. The second-order valence-electron chi connectivity index (χ2n) is 7.14. The molecule has 1 aliphatic carbocycles. The van der Waals surface area contributed by atoms with Crippen molar-refractivity contribution in [2.24, 2.45) is 5.73 Å². The van der Waals surface area contributed by atoms with Gasteiger partial charge in [0.2, 0.25) is 11.6 Å². The maximum Gasteiger partial charge on any atom is 0.229 e. The smallest absolute Gasteiger partial charge is 0.229 e. The minimum atomic E-state index is -0.395. The molecule has 1 aliphatic heterocycles. The average Bonchev–Trinajstić information content (AvgIpc) is 2.78. The molecule has 8 nitrogen and oxygen atoms in total. The summed E-state index contributed by atoms with van der Waals surface area (Å²) < 4.78 is 0. The van der Waals surface area contributed by atoms with Crippen LogP contribution < -0.4 is 16.0 Å². The fourth-order valence-electron chi connectivity index (χ4n) is 3.70. The van der Waals surface area contributed by atoms with E-state index in [1.54, 1.807) is 12.1 Å². The van der Waals surface area contributed by atoms with Crippen LogP contribution in [0.4, 0.5) is 5.82 Å². The summed E-state index contributed by atoms with van der Waals surface area (Å²) in [6, 6.07) is 9.22. The van der Waals surface area contributed by atoms with Crippen LogP contribution in [0, 0.1) is 0 Å². The van der Waals surface area contributed by atoms with Crippen LogP contribution in [0.2, 0.25) is 0 Å². The first-order valence-corrected chi connectivity index (χ1v) is 9.81. The van der Waals surface area contributed by atoms with Crippen LogP contribution in [0.15, 0.2) is 54.1 Å². The monoisotopic (exact) mass is 392 g/mol. The molecule has 29 heavy (non-hydrogen) atoms. The van der Waals surface area contributed by atoms with Gasteiger partial charge in [0.05, 0.1) is 5.56 Å². The lowest BCUT2D eigenvalue weighted by Gasteiger charge is -2.35. The van der Waals surface area contributed by atoms with Crippen LogP contribution in [-0.4, -0.2) is 65.7 Å². The number of aromatic nitrogens is 2. The van der Waals surface area contributed by atoms with Crippen molar-refractivity contribution >= 4 is 17.4 Å². The third kappa shape index (κ3) is 3.97. The molecule has 3 N–H and O–H groups in total. The molecule has 0 unspecified atom stereocenters. The van der Waals surface area contributed by atoms with Crippen molar-refractivity contribution in [1.29, 1.82) is 0 Å². The molecule has 2 aromatic rings. The first-order chi connectivity index (χ1) is 14.1. The number of anilines is 1. The van der Waals surface area contributed by atoms with Gasteiger partial charge in [-0.2, -0.15) is 0 Å². The molecule has 8 heteroatoms. The number of pyridine rings is 2. The number of hydrogen-bond donors (Lipinski definition) is 2. The second-order valence-corrected chi connectivity index (χ2v) is 7.14. The highest BCUT2D eigenvalue weighted by Gasteiger charge is 2.31. The summed E-state index contributed by atoms with van der Waals surface area (Å²) in [5, 5.41) is 3.08. The summed E-state index contributed by atoms with van der Waals surface area (Å²) in [6.45, 7) is 5.32. The number of nitrogens with zero attached hydrogens (tertiary/aromatic N) is 4. The molecular formula is C21H24N6O2. The zero-order valence-electron chi connectivity index (χ0n) is 16.2. The summed E-state index contributed by atoms with van der Waals surface area (Å²) in [5.41, 5.74) is 6.48. The Hall–Kier alpha value is -3.26. The zero-order valence-corrected chi connectivity index (χ0v) is 16.2. The lowest BCUT2D eigenvalue weighted by Crippen LogP contribution is -2.47. The Balaban J connectivity index is 1.26. The Morgan fingerprint density at radius 2 is 1.76 bits per heavy atom. The average molecular weight is 392 g/mol. The van der Waals surface area contributed by atoms with E-state index >= 15 is 0 Å². The Morgan fingerprint density at radius 3 is 2.52 bits per heavy atom. The van der Waals surface area contributed by atoms with Crippen molar-refractivity contribution in [3.8, 4) is 0 Å². The number of piperazine rings is 1. The Labute approximate surface area is 169 Å². The van der Waals surface area contributed by atoms with Crippen molar-refractivity contribution in [3.05, 3.63) is 65.4 Å². The first-order valence-electron chi connectivity index (χ1n) is 9.81. The fraction of sp³-hybridized carbons (Fsp3) is 0.333. The van der Waals surface area contributed by atoms with E-state index in [1.807, 2.05) is 24.4 Å². The molecule has 0 bridgehead atoms. The minimum absolute atomic E-state index is 0.0508. The van der Waals surface area contributed by atoms with E-state index in [0.717, 1.165) is 45.0 Å².